The normalized spacial score (nSPS) is 14.3. The molecule has 0 aromatic carbocycles. The summed E-state index contributed by atoms with van der Waals surface area (Å²) in [4.78, 5) is 23.7. The average molecular weight is 392 g/mol. The molecule has 0 saturated carbocycles. The minimum atomic E-state index is 0.0246. The molecule has 3 heterocycles. The minimum Gasteiger partial charge on any atom is -0.357 e. The zero-order valence-corrected chi connectivity index (χ0v) is 17.3. The van der Waals surface area contributed by atoms with Crippen molar-refractivity contribution in [3.8, 4) is 0 Å². The van der Waals surface area contributed by atoms with Crippen LogP contribution in [-0.2, 0) is 26.1 Å². The maximum atomic E-state index is 12.4. The maximum absolute atomic E-state index is 12.4. The smallest absolute Gasteiger partial charge is 0.345 e. The summed E-state index contributed by atoms with van der Waals surface area (Å²) < 4.78 is 3.42. The van der Waals surface area contributed by atoms with Gasteiger partial charge in [-0.3, -0.25) is 9.56 Å². The summed E-state index contributed by atoms with van der Waals surface area (Å²) in [5.41, 5.74) is 1.08. The van der Waals surface area contributed by atoms with Crippen molar-refractivity contribution < 1.29 is 0 Å². The van der Waals surface area contributed by atoms with Gasteiger partial charge in [-0.1, -0.05) is 0 Å². The first kappa shape index (κ1) is 19.6. The molecule has 0 amide bonds. The highest BCUT2D eigenvalue weighted by Crippen LogP contribution is 2.10. The van der Waals surface area contributed by atoms with E-state index < -0.39 is 0 Å². The van der Waals surface area contributed by atoms with Gasteiger partial charge in [-0.2, -0.15) is 5.10 Å². The van der Waals surface area contributed by atoms with Crippen LogP contribution in [0.1, 0.15) is 42.7 Å². The number of nitrogens with zero attached hydrogens (tertiary/aromatic N) is 6. The molecule has 9 heteroatoms. The second-order valence-electron chi connectivity index (χ2n) is 6.83. The fraction of sp³-hybridized carbons (Fsp3) is 0.667. The number of nitrogens with one attached hydrogen (secondary N) is 1. The van der Waals surface area contributed by atoms with Crippen molar-refractivity contribution in [2.75, 3.05) is 20.1 Å². The molecule has 1 aliphatic rings. The van der Waals surface area contributed by atoms with Crippen molar-refractivity contribution in [3.63, 3.8) is 0 Å². The highest BCUT2D eigenvalue weighted by molar-refractivity contribution is 7.09. The van der Waals surface area contributed by atoms with Crippen LogP contribution in [0, 0.1) is 6.92 Å². The third-order valence-corrected chi connectivity index (χ3v) is 5.41. The molecule has 2 aromatic heterocycles. The summed E-state index contributed by atoms with van der Waals surface area (Å²) in [7, 11) is 2.02. The molecule has 3 rings (SSSR count). The molecule has 2 aromatic rings. The van der Waals surface area contributed by atoms with E-state index in [1.807, 2.05) is 18.5 Å². The molecule has 0 saturated heterocycles. The van der Waals surface area contributed by atoms with Crippen LogP contribution in [0.4, 0.5) is 0 Å². The molecule has 0 bridgehead atoms. The lowest BCUT2D eigenvalue weighted by molar-refractivity contribution is 0.468. The summed E-state index contributed by atoms with van der Waals surface area (Å²) >= 11 is 1.66. The highest BCUT2D eigenvalue weighted by atomic mass is 32.1. The van der Waals surface area contributed by atoms with Gasteiger partial charge in [0.1, 0.15) is 5.82 Å². The largest absolute Gasteiger partial charge is 0.357 e. The molecule has 0 fully saturated rings. The molecule has 148 valence electrons. The number of hydrogen-bond acceptors (Lipinski definition) is 5. The quantitative estimate of drug-likeness (QED) is 0.441. The SMILES string of the molecule is CCNC(=NCCCn1nc2n(c1=O)CCCC2)N(C)Cc1csc(C)n1. The van der Waals surface area contributed by atoms with Crippen molar-refractivity contribution in [2.24, 2.45) is 4.99 Å². The van der Waals surface area contributed by atoms with E-state index in [-0.39, 0.29) is 5.69 Å². The topological polar surface area (TPSA) is 80.3 Å². The lowest BCUT2D eigenvalue weighted by Crippen LogP contribution is -2.38. The van der Waals surface area contributed by atoms with E-state index in [0.717, 1.165) is 67.8 Å². The molecule has 0 unspecified atom stereocenters. The Labute approximate surface area is 163 Å². The summed E-state index contributed by atoms with van der Waals surface area (Å²) in [6, 6.07) is 0. The molecular formula is C18H29N7OS. The average Bonchev–Trinajstić information content (AvgIpc) is 3.21. The number of hydrogen-bond donors (Lipinski definition) is 1. The van der Waals surface area contributed by atoms with Gasteiger partial charge in [0.25, 0.3) is 0 Å². The molecule has 0 aliphatic carbocycles. The first-order valence-corrected chi connectivity index (χ1v) is 10.5. The first-order valence-electron chi connectivity index (χ1n) is 9.65. The highest BCUT2D eigenvalue weighted by Gasteiger charge is 2.16. The third kappa shape index (κ3) is 4.97. The predicted molar refractivity (Wildman–Crippen MR) is 108 cm³/mol. The molecule has 1 aliphatic heterocycles. The molecular weight excluding hydrogens is 362 g/mol. The standard InChI is InChI=1S/C18H29N7OS/c1-4-19-17(23(3)12-15-13-27-14(2)21-15)20-9-7-11-25-18(26)24-10-6-5-8-16(24)22-25/h13H,4-12H2,1-3H3,(H,19,20). The van der Waals surface area contributed by atoms with Crippen LogP contribution in [0.5, 0.6) is 0 Å². The second-order valence-corrected chi connectivity index (χ2v) is 7.90. The van der Waals surface area contributed by atoms with Crippen molar-refractivity contribution in [3.05, 3.63) is 32.4 Å². The fourth-order valence-corrected chi connectivity index (χ4v) is 3.87. The Morgan fingerprint density at radius 2 is 2.30 bits per heavy atom. The van der Waals surface area contributed by atoms with Crippen molar-refractivity contribution in [1.82, 2.24) is 29.5 Å². The number of aliphatic imine (C=N–C) groups is 1. The molecule has 0 radical (unpaired) electrons. The van der Waals surface area contributed by atoms with Crippen molar-refractivity contribution >= 4 is 17.3 Å². The molecule has 0 atom stereocenters. The Hall–Kier alpha value is -2.16. The zero-order chi connectivity index (χ0) is 19.2. The lowest BCUT2D eigenvalue weighted by atomic mass is 10.2. The van der Waals surface area contributed by atoms with E-state index in [9.17, 15) is 4.79 Å². The van der Waals surface area contributed by atoms with E-state index >= 15 is 0 Å². The predicted octanol–water partition coefficient (Wildman–Crippen LogP) is 1.63. The Balaban J connectivity index is 1.55. The van der Waals surface area contributed by atoms with Crippen LogP contribution in [0.2, 0.25) is 0 Å². The van der Waals surface area contributed by atoms with Crippen LogP contribution < -0.4 is 11.0 Å². The Bertz CT molecular complexity index is 835. The van der Waals surface area contributed by atoms with Crippen LogP contribution in [-0.4, -0.2) is 50.3 Å². The summed E-state index contributed by atoms with van der Waals surface area (Å²) in [6.45, 7) is 7.68. The van der Waals surface area contributed by atoms with Gasteiger partial charge in [-0.15, -0.1) is 11.3 Å². The number of thiazole rings is 1. The van der Waals surface area contributed by atoms with Gasteiger partial charge in [-0.05, 0) is 33.1 Å². The van der Waals surface area contributed by atoms with E-state index in [4.69, 9.17) is 4.99 Å². The number of guanidine groups is 1. The second kappa shape index (κ2) is 9.16. The van der Waals surface area contributed by atoms with Crippen molar-refractivity contribution in [2.45, 2.75) is 59.2 Å². The summed E-state index contributed by atoms with van der Waals surface area (Å²) in [6.07, 6.45) is 3.89. The molecule has 0 spiro atoms. The van der Waals surface area contributed by atoms with E-state index in [2.05, 4.69) is 32.6 Å². The molecule has 27 heavy (non-hydrogen) atoms. The van der Waals surface area contributed by atoms with E-state index in [1.54, 1.807) is 16.0 Å². The van der Waals surface area contributed by atoms with Crippen LogP contribution in [0.25, 0.3) is 0 Å². The molecule has 1 N–H and O–H groups in total. The maximum Gasteiger partial charge on any atom is 0.345 e. The summed E-state index contributed by atoms with van der Waals surface area (Å²) in [5, 5.41) is 11.0. The van der Waals surface area contributed by atoms with Crippen LogP contribution >= 0.6 is 11.3 Å². The zero-order valence-electron chi connectivity index (χ0n) is 16.4. The van der Waals surface area contributed by atoms with Gasteiger partial charge in [0.05, 0.1) is 17.2 Å². The van der Waals surface area contributed by atoms with Crippen LogP contribution in [0.15, 0.2) is 15.2 Å². The number of aromatic nitrogens is 4. The molecule has 8 nitrogen and oxygen atoms in total. The summed E-state index contributed by atoms with van der Waals surface area (Å²) in [5.74, 6) is 1.79. The number of aryl methyl sites for hydroxylation is 3. The fourth-order valence-electron chi connectivity index (χ4n) is 3.27. The van der Waals surface area contributed by atoms with Gasteiger partial charge in [0, 0.05) is 45.0 Å². The first-order chi connectivity index (χ1) is 13.1. The Morgan fingerprint density at radius 1 is 1.44 bits per heavy atom. The van der Waals surface area contributed by atoms with Crippen molar-refractivity contribution in [1.29, 1.82) is 0 Å². The number of rotatable bonds is 7. The van der Waals surface area contributed by atoms with Crippen LogP contribution in [0.3, 0.4) is 0 Å². The van der Waals surface area contributed by atoms with Gasteiger partial charge in [0.15, 0.2) is 5.96 Å². The van der Waals surface area contributed by atoms with E-state index in [1.165, 1.54) is 0 Å². The van der Waals surface area contributed by atoms with Gasteiger partial charge in [-0.25, -0.2) is 14.5 Å². The van der Waals surface area contributed by atoms with E-state index in [0.29, 0.717) is 13.1 Å². The van der Waals surface area contributed by atoms with Gasteiger partial charge < -0.3 is 10.2 Å². The Kier molecular flexibility index (Phi) is 6.65. The monoisotopic (exact) mass is 391 g/mol. The van der Waals surface area contributed by atoms with Gasteiger partial charge in [0.2, 0.25) is 0 Å². The Morgan fingerprint density at radius 3 is 3.00 bits per heavy atom. The lowest BCUT2D eigenvalue weighted by Gasteiger charge is -2.21. The third-order valence-electron chi connectivity index (χ3n) is 4.58. The number of fused-ring (bicyclic) bond motifs is 1. The minimum absolute atomic E-state index is 0.0246. The van der Waals surface area contributed by atoms with Gasteiger partial charge >= 0.3 is 5.69 Å².